The fourth-order valence-electron chi connectivity index (χ4n) is 1.52. The first-order chi connectivity index (χ1) is 7.72. The minimum atomic E-state index is -0.385. The Morgan fingerprint density at radius 1 is 1.25 bits per heavy atom. The fourth-order valence-corrected chi connectivity index (χ4v) is 1.52. The Morgan fingerprint density at radius 2 is 1.94 bits per heavy atom. The lowest BCUT2D eigenvalue weighted by Gasteiger charge is -2.02. The maximum absolute atomic E-state index is 11.4. The molecule has 4 heteroatoms. The molecule has 4 nitrogen and oxygen atoms in total. The van der Waals surface area contributed by atoms with E-state index in [1.165, 1.54) is 7.11 Å². The first-order valence-electron chi connectivity index (χ1n) is 4.77. The average molecular weight is 217 g/mol. The first kappa shape index (κ1) is 10.3. The third kappa shape index (κ3) is 1.77. The van der Waals surface area contributed by atoms with E-state index in [9.17, 15) is 9.90 Å². The van der Waals surface area contributed by atoms with Crippen LogP contribution in [0, 0.1) is 0 Å². The molecule has 1 aromatic heterocycles. The molecule has 0 saturated carbocycles. The highest BCUT2D eigenvalue weighted by atomic mass is 16.5. The van der Waals surface area contributed by atoms with Gasteiger partial charge in [-0.05, 0) is 17.7 Å². The Labute approximate surface area is 92.5 Å². The molecule has 0 spiro atoms. The molecular formula is C12H11NO3. The molecule has 0 unspecified atom stereocenters. The van der Waals surface area contributed by atoms with Crippen molar-refractivity contribution in [3.63, 3.8) is 0 Å². The van der Waals surface area contributed by atoms with Crippen LogP contribution in [0.25, 0.3) is 11.1 Å². The van der Waals surface area contributed by atoms with Crippen molar-refractivity contribution in [2.24, 2.45) is 0 Å². The van der Waals surface area contributed by atoms with Crippen LogP contribution in [0.2, 0.25) is 0 Å². The van der Waals surface area contributed by atoms with E-state index in [2.05, 4.69) is 9.72 Å². The predicted octanol–water partition coefficient (Wildman–Crippen LogP) is 2.17. The highest BCUT2D eigenvalue weighted by Gasteiger charge is 2.13. The lowest BCUT2D eigenvalue weighted by Crippen LogP contribution is -2.00. The van der Waals surface area contributed by atoms with Crippen LogP contribution in [0.4, 0.5) is 0 Å². The van der Waals surface area contributed by atoms with Gasteiger partial charge < -0.3 is 14.8 Å². The van der Waals surface area contributed by atoms with Gasteiger partial charge in [0.15, 0.2) is 0 Å². The fraction of sp³-hybridized carbons (Fsp3) is 0.0833. The van der Waals surface area contributed by atoms with Gasteiger partial charge in [0.25, 0.3) is 0 Å². The molecular weight excluding hydrogens is 206 g/mol. The molecule has 0 atom stereocenters. The molecule has 0 aliphatic heterocycles. The zero-order valence-electron chi connectivity index (χ0n) is 8.73. The van der Waals surface area contributed by atoms with E-state index < -0.39 is 0 Å². The number of methoxy groups -OCH3 is 1. The summed E-state index contributed by atoms with van der Waals surface area (Å²) in [6.07, 6.45) is 3.31. The summed E-state index contributed by atoms with van der Waals surface area (Å²) in [5.41, 5.74) is 2.08. The van der Waals surface area contributed by atoms with Crippen molar-refractivity contribution in [1.82, 2.24) is 4.98 Å². The molecule has 0 fully saturated rings. The number of phenolic OH excluding ortho intramolecular Hbond substituents is 1. The number of aromatic amines is 1. The van der Waals surface area contributed by atoms with E-state index in [0.29, 0.717) is 5.56 Å². The average Bonchev–Trinajstić information content (AvgIpc) is 2.78. The number of hydrogen-bond donors (Lipinski definition) is 2. The Morgan fingerprint density at radius 3 is 2.56 bits per heavy atom. The third-order valence-electron chi connectivity index (χ3n) is 2.33. The van der Waals surface area contributed by atoms with Crippen LogP contribution in [0.1, 0.15) is 10.4 Å². The van der Waals surface area contributed by atoms with Crippen LogP contribution in [-0.2, 0) is 4.74 Å². The van der Waals surface area contributed by atoms with E-state index >= 15 is 0 Å². The molecule has 0 saturated heterocycles. The molecule has 0 bridgehead atoms. The SMILES string of the molecule is COC(=O)c1c[nH]cc1-c1ccc(O)cc1. The van der Waals surface area contributed by atoms with Crippen LogP contribution in [0.15, 0.2) is 36.7 Å². The lowest BCUT2D eigenvalue weighted by molar-refractivity contribution is 0.0602. The topological polar surface area (TPSA) is 62.3 Å². The smallest absolute Gasteiger partial charge is 0.340 e. The number of H-pyrrole nitrogens is 1. The molecule has 0 aliphatic carbocycles. The quantitative estimate of drug-likeness (QED) is 0.758. The van der Waals surface area contributed by atoms with E-state index in [4.69, 9.17) is 0 Å². The van der Waals surface area contributed by atoms with Gasteiger partial charge in [0.1, 0.15) is 5.75 Å². The van der Waals surface area contributed by atoms with Gasteiger partial charge in [-0.25, -0.2) is 4.79 Å². The molecule has 1 heterocycles. The number of aromatic nitrogens is 1. The van der Waals surface area contributed by atoms with Crippen molar-refractivity contribution in [1.29, 1.82) is 0 Å². The summed E-state index contributed by atoms with van der Waals surface area (Å²) in [6, 6.07) is 6.63. The Hall–Kier alpha value is -2.23. The predicted molar refractivity (Wildman–Crippen MR) is 59.2 cm³/mol. The van der Waals surface area contributed by atoms with Crippen LogP contribution in [0.5, 0.6) is 5.75 Å². The Kier molecular flexibility index (Phi) is 2.64. The second kappa shape index (κ2) is 4.10. The molecule has 2 N–H and O–H groups in total. The Balaban J connectivity index is 2.44. The van der Waals surface area contributed by atoms with Gasteiger partial charge in [-0.2, -0.15) is 0 Å². The van der Waals surface area contributed by atoms with Crippen molar-refractivity contribution < 1.29 is 14.6 Å². The largest absolute Gasteiger partial charge is 0.508 e. The van der Waals surface area contributed by atoms with E-state index in [1.54, 1.807) is 36.7 Å². The van der Waals surface area contributed by atoms with Crippen LogP contribution >= 0.6 is 0 Å². The molecule has 1 aromatic carbocycles. The second-order valence-electron chi connectivity index (χ2n) is 3.32. The van der Waals surface area contributed by atoms with Gasteiger partial charge in [0.2, 0.25) is 0 Å². The van der Waals surface area contributed by atoms with Crippen molar-refractivity contribution in [3.8, 4) is 16.9 Å². The summed E-state index contributed by atoms with van der Waals surface area (Å²) < 4.78 is 4.67. The van der Waals surface area contributed by atoms with Gasteiger partial charge in [-0.15, -0.1) is 0 Å². The molecule has 2 aromatic rings. The van der Waals surface area contributed by atoms with Gasteiger partial charge in [-0.3, -0.25) is 0 Å². The number of carbonyl (C=O) groups is 1. The van der Waals surface area contributed by atoms with E-state index in [1.807, 2.05) is 0 Å². The maximum Gasteiger partial charge on any atom is 0.340 e. The monoisotopic (exact) mass is 217 g/mol. The summed E-state index contributed by atoms with van der Waals surface area (Å²) in [6.45, 7) is 0. The molecule has 0 radical (unpaired) electrons. The maximum atomic E-state index is 11.4. The lowest BCUT2D eigenvalue weighted by atomic mass is 10.0. The van der Waals surface area contributed by atoms with Crippen LogP contribution < -0.4 is 0 Å². The van der Waals surface area contributed by atoms with Crippen molar-refractivity contribution in [3.05, 3.63) is 42.2 Å². The Bertz CT molecular complexity index is 499. The second-order valence-corrected chi connectivity index (χ2v) is 3.32. The number of rotatable bonds is 2. The number of benzene rings is 1. The van der Waals surface area contributed by atoms with Crippen molar-refractivity contribution in [2.75, 3.05) is 7.11 Å². The molecule has 2 rings (SSSR count). The van der Waals surface area contributed by atoms with E-state index in [-0.39, 0.29) is 11.7 Å². The highest BCUT2D eigenvalue weighted by molar-refractivity contribution is 5.97. The molecule has 0 aliphatic rings. The van der Waals surface area contributed by atoms with Gasteiger partial charge in [0.05, 0.1) is 12.7 Å². The number of ether oxygens (including phenoxy) is 1. The normalized spacial score (nSPS) is 10.1. The third-order valence-corrected chi connectivity index (χ3v) is 2.33. The molecule has 16 heavy (non-hydrogen) atoms. The zero-order valence-corrected chi connectivity index (χ0v) is 8.73. The van der Waals surface area contributed by atoms with E-state index in [0.717, 1.165) is 11.1 Å². The first-order valence-corrected chi connectivity index (χ1v) is 4.77. The minimum Gasteiger partial charge on any atom is -0.508 e. The summed E-state index contributed by atoms with van der Waals surface area (Å²) in [7, 11) is 1.34. The number of nitrogens with one attached hydrogen (secondary N) is 1. The number of hydrogen-bond acceptors (Lipinski definition) is 3. The number of carbonyl (C=O) groups excluding carboxylic acids is 1. The minimum absolute atomic E-state index is 0.193. The summed E-state index contributed by atoms with van der Waals surface area (Å²) in [4.78, 5) is 14.3. The van der Waals surface area contributed by atoms with Crippen molar-refractivity contribution >= 4 is 5.97 Å². The number of aromatic hydroxyl groups is 1. The summed E-state index contributed by atoms with van der Waals surface area (Å²) in [5.74, 6) is -0.191. The van der Waals surface area contributed by atoms with Gasteiger partial charge in [-0.1, -0.05) is 12.1 Å². The molecule has 0 amide bonds. The van der Waals surface area contributed by atoms with Gasteiger partial charge >= 0.3 is 5.97 Å². The summed E-state index contributed by atoms with van der Waals surface area (Å²) in [5, 5.41) is 9.18. The number of phenols is 1. The van der Waals surface area contributed by atoms with Crippen LogP contribution in [-0.4, -0.2) is 23.2 Å². The summed E-state index contributed by atoms with van der Waals surface area (Å²) >= 11 is 0. The zero-order chi connectivity index (χ0) is 11.5. The van der Waals surface area contributed by atoms with Crippen LogP contribution in [0.3, 0.4) is 0 Å². The standard InChI is InChI=1S/C12H11NO3/c1-16-12(15)11-7-13-6-10(11)8-2-4-9(14)5-3-8/h2-7,13-14H,1H3. The molecule has 82 valence electrons. The number of esters is 1. The highest BCUT2D eigenvalue weighted by Crippen LogP contribution is 2.25. The van der Waals surface area contributed by atoms with Crippen molar-refractivity contribution in [2.45, 2.75) is 0 Å². The van der Waals surface area contributed by atoms with Gasteiger partial charge in [0, 0.05) is 18.0 Å².